The van der Waals surface area contributed by atoms with E-state index in [1.807, 2.05) is 92.3 Å². The van der Waals surface area contributed by atoms with Crippen molar-refractivity contribution in [2.45, 2.75) is 20.3 Å². The summed E-state index contributed by atoms with van der Waals surface area (Å²) in [6, 6.07) is 11.4. The van der Waals surface area contributed by atoms with E-state index in [2.05, 4.69) is 21.7 Å². The number of methoxy groups -OCH3 is 1. The average Bonchev–Trinajstić information content (AvgIpc) is 3.46. The van der Waals surface area contributed by atoms with E-state index in [0.717, 1.165) is 39.7 Å². The number of para-hydroxylation sites is 2. The minimum Gasteiger partial charge on any atom is -0.493 e. The molecule has 0 aliphatic heterocycles. The van der Waals surface area contributed by atoms with E-state index >= 15 is 0 Å². The van der Waals surface area contributed by atoms with Crippen molar-refractivity contribution in [2.24, 2.45) is 0 Å². The summed E-state index contributed by atoms with van der Waals surface area (Å²) in [5.41, 5.74) is 5.45. The van der Waals surface area contributed by atoms with Gasteiger partial charge in [-0.1, -0.05) is 24.1 Å². The summed E-state index contributed by atoms with van der Waals surface area (Å²) in [5.74, 6) is 5.89. The van der Waals surface area contributed by atoms with Crippen LogP contribution in [0.1, 0.15) is 23.3 Å². The predicted molar refractivity (Wildman–Crippen MR) is 148 cm³/mol. The summed E-state index contributed by atoms with van der Waals surface area (Å²) in [6.07, 6.45) is 19.7. The second kappa shape index (κ2) is 11.7. The van der Waals surface area contributed by atoms with Crippen molar-refractivity contribution >= 4 is 16.9 Å². The molecule has 0 unspecified atom stereocenters. The van der Waals surface area contributed by atoms with Gasteiger partial charge in [0.15, 0.2) is 11.5 Å². The Labute approximate surface area is 217 Å². The minimum atomic E-state index is 0.654. The molecule has 188 valence electrons. The molecule has 3 aromatic heterocycles. The maximum atomic E-state index is 6.07. The number of aromatic nitrogens is 2. The molecule has 1 aromatic carbocycles. The number of hydrogen-bond acceptors (Lipinski definition) is 6. The zero-order valence-electron chi connectivity index (χ0n) is 21.4. The highest BCUT2D eigenvalue weighted by atomic mass is 16.5. The molecule has 0 radical (unpaired) electrons. The Morgan fingerprint density at radius 3 is 2.57 bits per heavy atom. The molecule has 0 spiro atoms. The first kappa shape index (κ1) is 25.3. The van der Waals surface area contributed by atoms with Gasteiger partial charge < -0.3 is 24.5 Å². The maximum absolute atomic E-state index is 6.07. The molecule has 37 heavy (non-hydrogen) atoms. The van der Waals surface area contributed by atoms with Crippen molar-refractivity contribution in [3.05, 3.63) is 108 Å². The predicted octanol–water partition coefficient (Wildman–Crippen LogP) is 6.48. The van der Waals surface area contributed by atoms with Crippen molar-refractivity contribution in [3.63, 3.8) is 0 Å². The van der Waals surface area contributed by atoms with Crippen LogP contribution < -0.4 is 20.1 Å². The normalized spacial score (nSPS) is 12.4. The van der Waals surface area contributed by atoms with Crippen LogP contribution in [-0.4, -0.2) is 23.8 Å². The van der Waals surface area contributed by atoms with Crippen molar-refractivity contribution < 1.29 is 13.9 Å². The third-order valence-electron chi connectivity index (χ3n) is 5.79. The van der Waals surface area contributed by atoms with E-state index in [0.29, 0.717) is 23.5 Å². The number of nitrogens with one attached hydrogen (secondary N) is 2. The Morgan fingerprint density at radius 1 is 1.11 bits per heavy atom. The number of anilines is 2. The molecule has 5 rings (SSSR count). The highest BCUT2D eigenvalue weighted by Gasteiger charge is 2.15. The lowest BCUT2D eigenvalue weighted by molar-refractivity contribution is 0.357. The van der Waals surface area contributed by atoms with Gasteiger partial charge in [-0.25, -0.2) is 4.52 Å². The Kier molecular flexibility index (Phi) is 8.01. The second-order valence-electron chi connectivity index (χ2n) is 8.25. The van der Waals surface area contributed by atoms with Crippen LogP contribution in [0.2, 0.25) is 0 Å². The number of rotatable bonds is 6. The molecule has 7 nitrogen and oxygen atoms in total. The molecule has 0 saturated heterocycles. The molecule has 4 aromatic rings. The number of fused-ring (bicyclic) bond motifs is 1. The summed E-state index contributed by atoms with van der Waals surface area (Å²) in [6.45, 7) is 3.96. The van der Waals surface area contributed by atoms with E-state index in [1.165, 1.54) is 0 Å². The maximum Gasteiger partial charge on any atom is 0.168 e. The van der Waals surface area contributed by atoms with Crippen molar-refractivity contribution in [1.82, 2.24) is 9.61 Å². The van der Waals surface area contributed by atoms with Crippen LogP contribution in [0.5, 0.6) is 11.5 Å². The van der Waals surface area contributed by atoms with Gasteiger partial charge in [0, 0.05) is 24.7 Å². The largest absolute Gasteiger partial charge is 0.493 e. The monoisotopic (exact) mass is 494 g/mol. The smallest absolute Gasteiger partial charge is 0.168 e. The van der Waals surface area contributed by atoms with Gasteiger partial charge in [-0.2, -0.15) is 5.10 Å². The number of hydrogen-bond donors (Lipinski definition) is 2. The number of nitrogens with zero attached hydrogens (tertiary/aromatic N) is 2. The first-order valence-corrected chi connectivity index (χ1v) is 11.8. The molecule has 0 fully saturated rings. The quantitative estimate of drug-likeness (QED) is 0.299. The van der Waals surface area contributed by atoms with Gasteiger partial charge in [0.05, 0.1) is 48.2 Å². The molecule has 0 saturated carbocycles. The van der Waals surface area contributed by atoms with Crippen LogP contribution in [-0.2, 0) is 0 Å². The lowest BCUT2D eigenvalue weighted by Crippen LogP contribution is -2.04. The van der Waals surface area contributed by atoms with Gasteiger partial charge in [-0.05, 0) is 56.3 Å². The van der Waals surface area contributed by atoms with Crippen LogP contribution in [0.15, 0.2) is 95.2 Å². The first-order chi connectivity index (χ1) is 18.0. The van der Waals surface area contributed by atoms with E-state index in [9.17, 15) is 0 Å². The van der Waals surface area contributed by atoms with E-state index in [1.54, 1.807) is 19.6 Å². The van der Waals surface area contributed by atoms with Crippen molar-refractivity contribution in [1.29, 1.82) is 0 Å². The van der Waals surface area contributed by atoms with Gasteiger partial charge in [0.25, 0.3) is 0 Å². The first-order valence-electron chi connectivity index (χ1n) is 11.8. The summed E-state index contributed by atoms with van der Waals surface area (Å²) >= 11 is 0. The van der Waals surface area contributed by atoms with Crippen molar-refractivity contribution in [2.75, 3.05) is 24.8 Å². The third-order valence-corrected chi connectivity index (χ3v) is 5.79. The van der Waals surface area contributed by atoms with Gasteiger partial charge in [-0.3, -0.25) is 0 Å². The summed E-state index contributed by atoms with van der Waals surface area (Å²) in [5, 5.41) is 11.1. The van der Waals surface area contributed by atoms with Crippen LogP contribution in [0.25, 0.3) is 5.52 Å². The van der Waals surface area contributed by atoms with Crippen LogP contribution >= 0.6 is 0 Å². The SMILES string of the molecule is C#Cc1cnn2cc(NC)c(C)c2c1NC1=CC=C(Oc2ccccc2OC)CC=C1.Cc1ccco1. The zero-order valence-corrected chi connectivity index (χ0v) is 21.4. The van der Waals surface area contributed by atoms with E-state index in [-0.39, 0.29) is 0 Å². The molecular weight excluding hydrogens is 464 g/mol. The Morgan fingerprint density at radius 2 is 1.92 bits per heavy atom. The minimum absolute atomic E-state index is 0.654. The highest BCUT2D eigenvalue weighted by molar-refractivity contribution is 5.86. The molecule has 7 heteroatoms. The van der Waals surface area contributed by atoms with Crippen LogP contribution in [0.4, 0.5) is 11.4 Å². The lowest BCUT2D eigenvalue weighted by atomic mass is 10.1. The molecule has 0 atom stereocenters. The fourth-order valence-electron chi connectivity index (χ4n) is 3.89. The third kappa shape index (κ3) is 5.88. The van der Waals surface area contributed by atoms with Gasteiger partial charge in [0.1, 0.15) is 11.5 Å². The summed E-state index contributed by atoms with van der Waals surface area (Å²) in [7, 11) is 3.52. The molecule has 2 N–H and O–H groups in total. The molecule has 1 aliphatic rings. The molecule has 0 bridgehead atoms. The number of ether oxygens (including phenoxy) is 2. The van der Waals surface area contributed by atoms with Crippen LogP contribution in [0, 0.1) is 26.2 Å². The fourth-order valence-corrected chi connectivity index (χ4v) is 3.89. The zero-order chi connectivity index (χ0) is 26.2. The number of terminal acetylenes is 1. The number of furan rings is 1. The standard InChI is InChI=1S/C25H24N4O2.C5H6O/c1-5-18-15-27-29-16-21(26-3)17(2)25(29)24(18)28-19-9-8-10-20(14-13-19)31-23-12-7-6-11-22(23)30-4;1-5-3-2-4-6-5/h1,6-9,11-16,26,28H,10H2,2-4H3;2-4H,1H3. The van der Waals surface area contributed by atoms with E-state index < -0.39 is 0 Å². The van der Waals surface area contributed by atoms with Gasteiger partial charge in [-0.15, -0.1) is 6.42 Å². The lowest BCUT2D eigenvalue weighted by Gasteiger charge is -2.12. The summed E-state index contributed by atoms with van der Waals surface area (Å²) < 4.78 is 18.1. The number of aryl methyl sites for hydroxylation is 2. The topological polar surface area (TPSA) is 73.0 Å². The molecule has 3 heterocycles. The Hall–Kier alpha value is -4.83. The Bertz CT molecular complexity index is 1500. The van der Waals surface area contributed by atoms with Gasteiger partial charge >= 0.3 is 0 Å². The molecule has 1 aliphatic carbocycles. The van der Waals surface area contributed by atoms with Gasteiger partial charge in [0.2, 0.25) is 0 Å². The number of benzene rings is 1. The average molecular weight is 495 g/mol. The second-order valence-corrected chi connectivity index (χ2v) is 8.25. The van der Waals surface area contributed by atoms with Crippen LogP contribution in [0.3, 0.4) is 0 Å². The Balaban J connectivity index is 0.000000469. The van der Waals surface area contributed by atoms with Crippen molar-refractivity contribution in [3.8, 4) is 23.8 Å². The fraction of sp³-hybridized carbons (Fsp3) is 0.167. The highest BCUT2D eigenvalue weighted by Crippen LogP contribution is 2.32. The molecule has 0 amide bonds. The number of allylic oxidation sites excluding steroid dienone is 4. The van der Waals surface area contributed by atoms with E-state index in [4.69, 9.17) is 20.3 Å². The summed E-state index contributed by atoms with van der Waals surface area (Å²) in [4.78, 5) is 0. The molecular formula is C30H30N4O3.